The number of alkyl halides is 1. The number of ether oxygens (including phenoxy) is 3. The molecule has 6 nitrogen and oxygen atoms in total. The molecule has 0 bridgehead atoms. The zero-order valence-electron chi connectivity index (χ0n) is 11.2. The fourth-order valence-corrected chi connectivity index (χ4v) is 2.94. The van der Waals surface area contributed by atoms with E-state index < -0.39 is 4.92 Å². The van der Waals surface area contributed by atoms with Crippen LogP contribution in [0.5, 0.6) is 11.5 Å². The largest absolute Gasteiger partial charge is 0.496 e. The Labute approximate surface area is 125 Å². The summed E-state index contributed by atoms with van der Waals surface area (Å²) < 4.78 is 16.3. The van der Waals surface area contributed by atoms with Gasteiger partial charge in [0.25, 0.3) is 0 Å². The molecule has 0 saturated heterocycles. The van der Waals surface area contributed by atoms with E-state index in [4.69, 9.17) is 14.2 Å². The standard InChI is InChI=1S/C13H16BrNO5/c1-3-19-13-9(14)7-12(13)20-11-5-4-8(18-2)6-10(11)15(16)17/h4-6,9,12-13H,3,7H2,1-2H3. The summed E-state index contributed by atoms with van der Waals surface area (Å²) >= 11 is 3.49. The Kier molecular flexibility index (Phi) is 4.82. The van der Waals surface area contributed by atoms with Crippen molar-refractivity contribution in [3.63, 3.8) is 0 Å². The van der Waals surface area contributed by atoms with Crippen LogP contribution in [-0.2, 0) is 4.74 Å². The Morgan fingerprint density at radius 2 is 2.25 bits per heavy atom. The van der Waals surface area contributed by atoms with Gasteiger partial charge in [-0.1, -0.05) is 15.9 Å². The van der Waals surface area contributed by atoms with Gasteiger partial charge in [-0.25, -0.2) is 0 Å². The Bertz CT molecular complexity index is 496. The molecule has 2 rings (SSSR count). The molecule has 7 heteroatoms. The third-order valence-corrected chi connectivity index (χ3v) is 4.08. The van der Waals surface area contributed by atoms with Crippen LogP contribution in [0.4, 0.5) is 5.69 Å². The molecule has 110 valence electrons. The van der Waals surface area contributed by atoms with E-state index in [0.29, 0.717) is 12.4 Å². The third kappa shape index (κ3) is 3.04. The smallest absolute Gasteiger partial charge is 0.314 e. The summed E-state index contributed by atoms with van der Waals surface area (Å²) in [5, 5.41) is 11.1. The van der Waals surface area contributed by atoms with Gasteiger partial charge in [-0.3, -0.25) is 10.1 Å². The number of halogens is 1. The number of nitro groups is 1. The average Bonchev–Trinajstić information content (AvgIpc) is 2.44. The zero-order chi connectivity index (χ0) is 14.7. The highest BCUT2D eigenvalue weighted by Crippen LogP contribution is 2.38. The van der Waals surface area contributed by atoms with Crippen LogP contribution in [0.2, 0.25) is 0 Å². The second-order valence-corrected chi connectivity index (χ2v) is 5.59. The second kappa shape index (κ2) is 6.41. The van der Waals surface area contributed by atoms with Crippen molar-refractivity contribution < 1.29 is 19.1 Å². The van der Waals surface area contributed by atoms with Crippen LogP contribution >= 0.6 is 15.9 Å². The fraction of sp³-hybridized carbons (Fsp3) is 0.538. The average molecular weight is 346 g/mol. The topological polar surface area (TPSA) is 70.8 Å². The highest BCUT2D eigenvalue weighted by atomic mass is 79.9. The van der Waals surface area contributed by atoms with Crippen LogP contribution in [0.1, 0.15) is 13.3 Å². The minimum Gasteiger partial charge on any atom is -0.496 e. The molecular weight excluding hydrogens is 330 g/mol. The Balaban J connectivity index is 2.15. The van der Waals surface area contributed by atoms with Crippen molar-refractivity contribution in [3.8, 4) is 11.5 Å². The maximum Gasteiger partial charge on any atom is 0.314 e. The summed E-state index contributed by atoms with van der Waals surface area (Å²) in [6, 6.07) is 4.55. The quantitative estimate of drug-likeness (QED) is 0.450. The molecule has 0 spiro atoms. The van der Waals surface area contributed by atoms with Gasteiger partial charge in [0, 0.05) is 17.9 Å². The predicted molar refractivity (Wildman–Crippen MR) is 76.8 cm³/mol. The lowest BCUT2D eigenvalue weighted by molar-refractivity contribution is -0.386. The molecule has 0 aliphatic heterocycles. The summed E-state index contributed by atoms with van der Waals surface area (Å²) in [5.74, 6) is 0.669. The summed E-state index contributed by atoms with van der Waals surface area (Å²) in [6.45, 7) is 2.49. The van der Waals surface area contributed by atoms with Crippen molar-refractivity contribution >= 4 is 21.6 Å². The van der Waals surface area contributed by atoms with E-state index in [1.807, 2.05) is 6.92 Å². The minimum atomic E-state index is -0.474. The van der Waals surface area contributed by atoms with E-state index in [2.05, 4.69) is 15.9 Å². The molecule has 20 heavy (non-hydrogen) atoms. The first kappa shape index (κ1) is 15.1. The van der Waals surface area contributed by atoms with E-state index in [0.717, 1.165) is 6.42 Å². The van der Waals surface area contributed by atoms with Crippen LogP contribution in [0.3, 0.4) is 0 Å². The Morgan fingerprint density at radius 1 is 1.50 bits per heavy atom. The van der Waals surface area contributed by atoms with Crippen LogP contribution < -0.4 is 9.47 Å². The molecule has 0 aromatic heterocycles. The zero-order valence-corrected chi connectivity index (χ0v) is 12.8. The van der Waals surface area contributed by atoms with Gasteiger partial charge in [0.05, 0.1) is 18.1 Å². The number of benzene rings is 1. The first-order valence-electron chi connectivity index (χ1n) is 6.31. The Hall–Kier alpha value is -1.34. The SMILES string of the molecule is CCOC1C(Br)CC1Oc1ccc(OC)cc1[N+](=O)[O-]. The molecule has 1 aliphatic carbocycles. The summed E-state index contributed by atoms with van der Waals surface area (Å²) in [4.78, 5) is 10.8. The van der Waals surface area contributed by atoms with Crippen molar-refractivity contribution in [1.29, 1.82) is 0 Å². The van der Waals surface area contributed by atoms with Crippen molar-refractivity contribution in [2.75, 3.05) is 13.7 Å². The highest BCUT2D eigenvalue weighted by Gasteiger charge is 2.43. The van der Waals surface area contributed by atoms with E-state index in [9.17, 15) is 10.1 Å². The lowest BCUT2D eigenvalue weighted by Gasteiger charge is -2.40. The molecule has 1 saturated carbocycles. The Morgan fingerprint density at radius 3 is 2.80 bits per heavy atom. The normalized spacial score (nSPS) is 24.9. The number of methoxy groups -OCH3 is 1. The van der Waals surface area contributed by atoms with E-state index in [1.54, 1.807) is 12.1 Å². The van der Waals surface area contributed by atoms with Gasteiger partial charge >= 0.3 is 5.69 Å². The third-order valence-electron chi connectivity index (χ3n) is 3.18. The molecule has 1 fully saturated rings. The van der Waals surface area contributed by atoms with Gasteiger partial charge in [-0.15, -0.1) is 0 Å². The molecule has 0 amide bonds. The maximum absolute atomic E-state index is 11.1. The summed E-state index contributed by atoms with van der Waals surface area (Å²) in [7, 11) is 1.46. The van der Waals surface area contributed by atoms with Crippen LogP contribution in [0.15, 0.2) is 18.2 Å². The molecule has 0 radical (unpaired) electrons. The molecule has 0 N–H and O–H groups in total. The molecule has 0 heterocycles. The van der Waals surface area contributed by atoms with Gasteiger partial charge in [-0.05, 0) is 19.1 Å². The van der Waals surface area contributed by atoms with Gasteiger partial charge < -0.3 is 14.2 Å². The number of hydrogen-bond donors (Lipinski definition) is 0. The van der Waals surface area contributed by atoms with Crippen LogP contribution in [-0.4, -0.2) is 35.7 Å². The number of rotatable bonds is 6. The van der Waals surface area contributed by atoms with Gasteiger partial charge in [0.1, 0.15) is 18.0 Å². The number of nitrogens with zero attached hydrogens (tertiary/aromatic N) is 1. The maximum atomic E-state index is 11.1. The van der Waals surface area contributed by atoms with E-state index in [1.165, 1.54) is 13.2 Å². The first-order valence-corrected chi connectivity index (χ1v) is 7.23. The molecular formula is C13H16BrNO5. The molecule has 3 unspecified atom stereocenters. The molecule has 1 aromatic carbocycles. The number of nitro benzene ring substituents is 1. The lowest BCUT2D eigenvalue weighted by Crippen LogP contribution is -2.52. The highest BCUT2D eigenvalue weighted by molar-refractivity contribution is 9.09. The lowest BCUT2D eigenvalue weighted by atomic mass is 9.91. The molecule has 3 atom stereocenters. The molecule has 1 aliphatic rings. The van der Waals surface area contributed by atoms with Crippen molar-refractivity contribution in [3.05, 3.63) is 28.3 Å². The van der Waals surface area contributed by atoms with Gasteiger partial charge in [0.15, 0.2) is 5.75 Å². The van der Waals surface area contributed by atoms with Crippen molar-refractivity contribution in [2.45, 2.75) is 30.4 Å². The van der Waals surface area contributed by atoms with Crippen LogP contribution in [0.25, 0.3) is 0 Å². The fourth-order valence-electron chi connectivity index (χ4n) is 2.08. The predicted octanol–water partition coefficient (Wildman–Crippen LogP) is 2.92. The number of hydrogen-bond acceptors (Lipinski definition) is 5. The monoisotopic (exact) mass is 345 g/mol. The summed E-state index contributed by atoms with van der Waals surface area (Å²) in [6.07, 6.45) is 0.501. The molecule has 1 aromatic rings. The van der Waals surface area contributed by atoms with Gasteiger partial charge in [0.2, 0.25) is 0 Å². The van der Waals surface area contributed by atoms with E-state index in [-0.39, 0.29) is 28.5 Å². The second-order valence-electron chi connectivity index (χ2n) is 4.42. The van der Waals surface area contributed by atoms with Crippen molar-refractivity contribution in [2.24, 2.45) is 0 Å². The summed E-state index contributed by atoms with van der Waals surface area (Å²) in [5.41, 5.74) is -0.0994. The first-order chi connectivity index (χ1) is 9.56. The van der Waals surface area contributed by atoms with E-state index >= 15 is 0 Å². The van der Waals surface area contributed by atoms with Crippen molar-refractivity contribution in [1.82, 2.24) is 0 Å². The van der Waals surface area contributed by atoms with Crippen LogP contribution in [0, 0.1) is 10.1 Å². The minimum absolute atomic E-state index is 0.0818. The van der Waals surface area contributed by atoms with Gasteiger partial charge in [-0.2, -0.15) is 0 Å².